The molecule has 0 radical (unpaired) electrons. The minimum Gasteiger partial charge on any atom is -0.396 e. The summed E-state index contributed by atoms with van der Waals surface area (Å²) in [4.78, 5) is 12.1. The summed E-state index contributed by atoms with van der Waals surface area (Å²) in [7, 11) is 0. The molecule has 0 spiro atoms. The summed E-state index contributed by atoms with van der Waals surface area (Å²) in [6.45, 7) is 0. The summed E-state index contributed by atoms with van der Waals surface area (Å²) in [5.41, 5.74) is 6.40. The Labute approximate surface area is 120 Å². The number of carbonyl (C=O) groups excluding carboxylic acids is 1. The molecule has 18 heavy (non-hydrogen) atoms. The van der Waals surface area contributed by atoms with Gasteiger partial charge in [-0.25, -0.2) is 0 Å². The minimum atomic E-state index is -0.143. The van der Waals surface area contributed by atoms with E-state index in [1.807, 2.05) is 11.8 Å². The van der Waals surface area contributed by atoms with Crippen molar-refractivity contribution in [3.05, 3.63) is 27.7 Å². The molecule has 0 bridgehead atoms. The Morgan fingerprint density at radius 3 is 2.39 bits per heavy atom. The quantitative estimate of drug-likeness (QED) is 0.825. The SMILES string of the molecule is Nc1c(Cl)cc(C(=O)NC2CCSCC2)cc1Cl. The molecule has 2 rings (SSSR count). The molecule has 98 valence electrons. The number of nitrogen functional groups attached to an aromatic ring is 1. The first-order valence-electron chi connectivity index (χ1n) is 5.71. The molecule has 6 heteroatoms. The Hall–Kier alpha value is -0.580. The summed E-state index contributed by atoms with van der Waals surface area (Å²) in [6, 6.07) is 3.35. The second-order valence-corrected chi connectivity index (χ2v) is 6.25. The van der Waals surface area contributed by atoms with Crippen LogP contribution in [0.25, 0.3) is 0 Å². The first-order valence-corrected chi connectivity index (χ1v) is 7.62. The molecule has 0 aliphatic carbocycles. The van der Waals surface area contributed by atoms with Crippen LogP contribution in [-0.2, 0) is 0 Å². The molecule has 1 aromatic carbocycles. The number of anilines is 1. The molecule has 1 aliphatic rings. The zero-order valence-corrected chi connectivity index (χ0v) is 12.0. The van der Waals surface area contributed by atoms with Crippen molar-refractivity contribution in [3.63, 3.8) is 0 Å². The van der Waals surface area contributed by atoms with Gasteiger partial charge in [-0.05, 0) is 36.5 Å². The predicted octanol–water partition coefficient (Wildman–Crippen LogP) is 3.20. The van der Waals surface area contributed by atoms with E-state index in [0.29, 0.717) is 21.3 Å². The van der Waals surface area contributed by atoms with Gasteiger partial charge in [-0.3, -0.25) is 4.79 Å². The van der Waals surface area contributed by atoms with Crippen LogP contribution in [0.2, 0.25) is 10.0 Å². The van der Waals surface area contributed by atoms with Gasteiger partial charge in [0.15, 0.2) is 0 Å². The maximum Gasteiger partial charge on any atom is 0.251 e. The third kappa shape index (κ3) is 3.25. The van der Waals surface area contributed by atoms with E-state index in [1.165, 1.54) is 0 Å². The molecule has 1 fully saturated rings. The molecule has 1 amide bonds. The number of amides is 1. The zero-order chi connectivity index (χ0) is 13.1. The van der Waals surface area contributed by atoms with Gasteiger partial charge in [-0.1, -0.05) is 23.2 Å². The Kier molecular flexibility index (Phi) is 4.65. The van der Waals surface area contributed by atoms with Crippen molar-refractivity contribution in [3.8, 4) is 0 Å². The number of nitrogens with one attached hydrogen (secondary N) is 1. The molecule has 3 N–H and O–H groups in total. The van der Waals surface area contributed by atoms with E-state index in [1.54, 1.807) is 12.1 Å². The number of hydrogen-bond donors (Lipinski definition) is 2. The van der Waals surface area contributed by atoms with Gasteiger partial charge >= 0.3 is 0 Å². The van der Waals surface area contributed by atoms with Crippen LogP contribution < -0.4 is 11.1 Å². The van der Waals surface area contributed by atoms with E-state index >= 15 is 0 Å². The highest BCUT2D eigenvalue weighted by Crippen LogP contribution is 2.29. The zero-order valence-electron chi connectivity index (χ0n) is 9.71. The molecule has 3 nitrogen and oxygen atoms in total. The van der Waals surface area contributed by atoms with Crippen molar-refractivity contribution < 1.29 is 4.79 Å². The normalized spacial score (nSPS) is 16.6. The summed E-state index contributed by atoms with van der Waals surface area (Å²) in [6.07, 6.45) is 2.01. The minimum absolute atomic E-state index is 0.143. The van der Waals surface area contributed by atoms with Crippen LogP contribution in [0.5, 0.6) is 0 Å². The Balaban J connectivity index is 2.08. The summed E-state index contributed by atoms with van der Waals surface area (Å²) < 4.78 is 0. The van der Waals surface area contributed by atoms with E-state index in [0.717, 1.165) is 24.3 Å². The van der Waals surface area contributed by atoms with Crippen molar-refractivity contribution in [2.45, 2.75) is 18.9 Å². The molecule has 1 aromatic rings. The highest BCUT2D eigenvalue weighted by Gasteiger charge is 2.18. The molecule has 1 saturated heterocycles. The average Bonchev–Trinajstić information content (AvgIpc) is 2.36. The molecule has 0 unspecified atom stereocenters. The maximum absolute atomic E-state index is 12.1. The second kappa shape index (κ2) is 6.04. The average molecular weight is 305 g/mol. The van der Waals surface area contributed by atoms with Crippen molar-refractivity contribution in [1.82, 2.24) is 5.32 Å². The highest BCUT2D eigenvalue weighted by molar-refractivity contribution is 7.99. The second-order valence-electron chi connectivity index (χ2n) is 4.21. The lowest BCUT2D eigenvalue weighted by atomic mass is 10.1. The van der Waals surface area contributed by atoms with E-state index in [4.69, 9.17) is 28.9 Å². The maximum atomic E-state index is 12.1. The first-order chi connectivity index (χ1) is 8.58. The Bertz CT molecular complexity index is 438. The van der Waals surface area contributed by atoms with Crippen LogP contribution in [0.3, 0.4) is 0 Å². The van der Waals surface area contributed by atoms with Gasteiger partial charge in [0.2, 0.25) is 0 Å². The highest BCUT2D eigenvalue weighted by atomic mass is 35.5. The van der Waals surface area contributed by atoms with Crippen LogP contribution >= 0.6 is 35.0 Å². The molecular weight excluding hydrogens is 291 g/mol. The van der Waals surface area contributed by atoms with Crippen molar-refractivity contribution in [2.24, 2.45) is 0 Å². The Morgan fingerprint density at radius 2 is 1.83 bits per heavy atom. The van der Waals surface area contributed by atoms with E-state index < -0.39 is 0 Å². The first kappa shape index (κ1) is 13.8. The third-order valence-electron chi connectivity index (χ3n) is 2.90. The van der Waals surface area contributed by atoms with Gasteiger partial charge in [0, 0.05) is 11.6 Å². The van der Waals surface area contributed by atoms with Crippen LogP contribution in [0, 0.1) is 0 Å². The standard InChI is InChI=1S/C12H14Cl2N2OS/c13-9-5-7(6-10(14)11(9)15)12(17)16-8-1-3-18-4-2-8/h5-6,8H,1-4,15H2,(H,16,17). The van der Waals surface area contributed by atoms with Gasteiger partial charge in [0.1, 0.15) is 0 Å². The third-order valence-corrected chi connectivity index (χ3v) is 4.57. The van der Waals surface area contributed by atoms with Crippen molar-refractivity contribution in [1.29, 1.82) is 0 Å². The topological polar surface area (TPSA) is 55.1 Å². The number of hydrogen-bond acceptors (Lipinski definition) is 3. The summed E-state index contributed by atoms with van der Waals surface area (Å²) in [5.74, 6) is 2.04. The van der Waals surface area contributed by atoms with Crippen LogP contribution in [0.4, 0.5) is 5.69 Å². The number of nitrogens with two attached hydrogens (primary N) is 1. The van der Waals surface area contributed by atoms with Crippen molar-refractivity contribution in [2.75, 3.05) is 17.2 Å². The van der Waals surface area contributed by atoms with Gasteiger partial charge < -0.3 is 11.1 Å². The van der Waals surface area contributed by atoms with E-state index in [-0.39, 0.29) is 11.9 Å². The number of halogens is 2. The lowest BCUT2D eigenvalue weighted by molar-refractivity contribution is 0.0935. The molecule has 0 saturated carbocycles. The fourth-order valence-electron chi connectivity index (χ4n) is 1.83. The lowest BCUT2D eigenvalue weighted by Crippen LogP contribution is -2.37. The van der Waals surface area contributed by atoms with Gasteiger partial charge in [0.05, 0.1) is 15.7 Å². The summed E-state index contributed by atoms with van der Waals surface area (Å²) in [5, 5.41) is 3.62. The van der Waals surface area contributed by atoms with E-state index in [9.17, 15) is 4.79 Å². The fraction of sp³-hybridized carbons (Fsp3) is 0.417. The van der Waals surface area contributed by atoms with Crippen LogP contribution in [0.15, 0.2) is 12.1 Å². The van der Waals surface area contributed by atoms with Gasteiger partial charge in [-0.2, -0.15) is 11.8 Å². The molecule has 0 atom stereocenters. The number of rotatable bonds is 2. The van der Waals surface area contributed by atoms with Crippen LogP contribution in [0.1, 0.15) is 23.2 Å². The number of benzene rings is 1. The van der Waals surface area contributed by atoms with Gasteiger partial charge in [-0.15, -0.1) is 0 Å². The smallest absolute Gasteiger partial charge is 0.251 e. The predicted molar refractivity (Wildman–Crippen MR) is 78.7 cm³/mol. The summed E-state index contributed by atoms with van der Waals surface area (Å²) >= 11 is 13.7. The fourth-order valence-corrected chi connectivity index (χ4v) is 3.42. The van der Waals surface area contributed by atoms with Gasteiger partial charge in [0.25, 0.3) is 5.91 Å². The number of thioether (sulfide) groups is 1. The molecule has 1 aliphatic heterocycles. The molecular formula is C12H14Cl2N2OS. The largest absolute Gasteiger partial charge is 0.396 e. The molecule has 1 heterocycles. The van der Waals surface area contributed by atoms with Crippen LogP contribution in [-0.4, -0.2) is 23.5 Å². The monoisotopic (exact) mass is 304 g/mol. The van der Waals surface area contributed by atoms with E-state index in [2.05, 4.69) is 5.32 Å². The molecule has 0 aromatic heterocycles. The van der Waals surface area contributed by atoms with Crippen molar-refractivity contribution >= 4 is 46.6 Å². The number of carbonyl (C=O) groups is 1. The lowest BCUT2D eigenvalue weighted by Gasteiger charge is -2.22. The Morgan fingerprint density at radius 1 is 1.28 bits per heavy atom.